The monoisotopic (exact) mass is 501 g/mol. The predicted octanol–water partition coefficient (Wildman–Crippen LogP) is 3.41. The van der Waals surface area contributed by atoms with Crippen molar-refractivity contribution in [2.75, 3.05) is 14.2 Å². The molecule has 0 bridgehead atoms. The number of methoxy groups -OCH3 is 2. The van der Waals surface area contributed by atoms with Crippen molar-refractivity contribution in [2.24, 2.45) is 5.92 Å². The molecular formula is C29H27NO7. The highest BCUT2D eigenvalue weighted by molar-refractivity contribution is 6.06. The highest BCUT2D eigenvalue weighted by Gasteiger charge is 2.67. The van der Waals surface area contributed by atoms with Gasteiger partial charge in [0, 0.05) is 18.1 Å². The minimum Gasteiger partial charge on any atom is -0.468 e. The number of carbonyl (C=O) groups excluding carboxylic acids is 4. The molecule has 0 saturated carbocycles. The molecule has 1 amide bonds. The first-order chi connectivity index (χ1) is 17.9. The Labute approximate surface area is 214 Å². The molecule has 37 heavy (non-hydrogen) atoms. The van der Waals surface area contributed by atoms with Crippen LogP contribution in [0.5, 0.6) is 0 Å². The molecule has 1 fully saturated rings. The SMILES string of the molecule is COC(=O)C(c1ccccc1)N1C(=O)[C@@H](C(=O)OC)[C@@H]1C(OC(C)=O)(c1ccccc1)c1ccccc1. The zero-order valence-corrected chi connectivity index (χ0v) is 20.7. The lowest BCUT2D eigenvalue weighted by atomic mass is 9.68. The summed E-state index contributed by atoms with van der Waals surface area (Å²) in [7, 11) is 2.41. The number of carbonyl (C=O) groups is 4. The number of rotatable bonds is 8. The molecule has 1 heterocycles. The van der Waals surface area contributed by atoms with Crippen LogP contribution in [0.2, 0.25) is 0 Å². The van der Waals surface area contributed by atoms with E-state index in [0.717, 1.165) is 0 Å². The molecule has 1 aliphatic heterocycles. The molecule has 0 aromatic heterocycles. The summed E-state index contributed by atoms with van der Waals surface area (Å²) in [5.41, 5.74) is -0.134. The van der Waals surface area contributed by atoms with E-state index in [4.69, 9.17) is 14.2 Å². The largest absolute Gasteiger partial charge is 0.468 e. The Morgan fingerprint density at radius 3 is 1.70 bits per heavy atom. The maximum absolute atomic E-state index is 13.7. The average Bonchev–Trinajstić information content (AvgIpc) is 2.93. The van der Waals surface area contributed by atoms with Crippen LogP contribution in [0.1, 0.15) is 29.7 Å². The summed E-state index contributed by atoms with van der Waals surface area (Å²) >= 11 is 0. The number of hydrogen-bond acceptors (Lipinski definition) is 7. The van der Waals surface area contributed by atoms with E-state index in [-0.39, 0.29) is 0 Å². The number of benzene rings is 3. The average molecular weight is 502 g/mol. The Kier molecular flexibility index (Phi) is 7.38. The number of esters is 3. The molecule has 1 aliphatic rings. The van der Waals surface area contributed by atoms with Crippen molar-refractivity contribution in [3.05, 3.63) is 108 Å². The number of β-lactam (4-membered cyclic amide) rings is 1. The smallest absolute Gasteiger partial charge is 0.333 e. The molecular weight excluding hydrogens is 474 g/mol. The van der Waals surface area contributed by atoms with Crippen LogP contribution in [0, 0.1) is 5.92 Å². The van der Waals surface area contributed by atoms with E-state index in [1.54, 1.807) is 91.0 Å². The van der Waals surface area contributed by atoms with Crippen molar-refractivity contribution < 1.29 is 33.4 Å². The number of likely N-dealkylation sites (tertiary alicyclic amines) is 1. The Morgan fingerprint density at radius 2 is 1.27 bits per heavy atom. The third-order valence-corrected chi connectivity index (χ3v) is 6.54. The van der Waals surface area contributed by atoms with Gasteiger partial charge in [-0.15, -0.1) is 0 Å². The van der Waals surface area contributed by atoms with Gasteiger partial charge in [0.2, 0.25) is 5.91 Å². The Morgan fingerprint density at radius 1 is 0.784 bits per heavy atom. The lowest BCUT2D eigenvalue weighted by Gasteiger charge is -2.56. The van der Waals surface area contributed by atoms with Crippen LogP contribution in [0.3, 0.4) is 0 Å². The number of hydrogen-bond donors (Lipinski definition) is 0. The summed E-state index contributed by atoms with van der Waals surface area (Å²) in [5, 5.41) is 0. The highest BCUT2D eigenvalue weighted by Crippen LogP contribution is 2.51. The summed E-state index contributed by atoms with van der Waals surface area (Å²) in [4.78, 5) is 53.8. The van der Waals surface area contributed by atoms with E-state index >= 15 is 0 Å². The predicted molar refractivity (Wildman–Crippen MR) is 133 cm³/mol. The lowest BCUT2D eigenvalue weighted by molar-refractivity contribution is -0.204. The summed E-state index contributed by atoms with van der Waals surface area (Å²) < 4.78 is 16.2. The van der Waals surface area contributed by atoms with Gasteiger partial charge in [0.15, 0.2) is 17.6 Å². The fourth-order valence-corrected chi connectivity index (χ4v) is 5.03. The van der Waals surface area contributed by atoms with Crippen molar-refractivity contribution in [3.8, 4) is 0 Å². The van der Waals surface area contributed by atoms with Crippen molar-refractivity contribution >= 4 is 23.8 Å². The minimum absolute atomic E-state index is 0.480. The second-order valence-electron chi connectivity index (χ2n) is 8.59. The first kappa shape index (κ1) is 25.6. The van der Waals surface area contributed by atoms with Crippen molar-refractivity contribution in [3.63, 3.8) is 0 Å². The van der Waals surface area contributed by atoms with Crippen molar-refractivity contribution in [2.45, 2.75) is 24.6 Å². The molecule has 0 spiro atoms. The van der Waals surface area contributed by atoms with Crippen LogP contribution in [0.4, 0.5) is 0 Å². The van der Waals surface area contributed by atoms with Gasteiger partial charge in [-0.2, -0.15) is 0 Å². The summed E-state index contributed by atoms with van der Waals surface area (Å²) in [6.07, 6.45) is 0. The first-order valence-corrected chi connectivity index (χ1v) is 11.7. The topological polar surface area (TPSA) is 99.2 Å². The van der Waals surface area contributed by atoms with E-state index < -0.39 is 47.4 Å². The minimum atomic E-state index is -1.65. The highest BCUT2D eigenvalue weighted by atomic mass is 16.6. The van der Waals surface area contributed by atoms with Gasteiger partial charge in [0.1, 0.15) is 6.04 Å². The van der Waals surface area contributed by atoms with Gasteiger partial charge in [0.25, 0.3) is 0 Å². The molecule has 1 unspecified atom stereocenters. The van der Waals surface area contributed by atoms with Gasteiger partial charge in [-0.3, -0.25) is 14.4 Å². The van der Waals surface area contributed by atoms with Crippen LogP contribution in [-0.2, 0) is 39.0 Å². The molecule has 190 valence electrons. The van der Waals surface area contributed by atoms with E-state index in [1.807, 2.05) is 0 Å². The molecule has 3 atom stereocenters. The molecule has 8 heteroatoms. The fraction of sp³-hybridized carbons (Fsp3) is 0.241. The number of nitrogens with zero attached hydrogens (tertiary/aromatic N) is 1. The summed E-state index contributed by atoms with van der Waals surface area (Å²) in [6, 6.07) is 24.0. The standard InChI is InChI=1S/C29H27NO7/c1-19(31)37-29(21-15-9-5-10-16-21,22-17-11-6-12-18-22)25-23(27(33)35-2)26(32)30(25)24(28(34)36-3)20-13-7-4-8-14-20/h4-18,23-25H,1-3H3/t23-,24?,25+/m0/s1. The quantitative estimate of drug-likeness (QED) is 0.202. The summed E-state index contributed by atoms with van der Waals surface area (Å²) in [5.74, 6) is -4.12. The third kappa shape index (κ3) is 4.46. The maximum Gasteiger partial charge on any atom is 0.333 e. The van der Waals surface area contributed by atoms with Gasteiger partial charge in [-0.1, -0.05) is 91.0 Å². The van der Waals surface area contributed by atoms with Crippen LogP contribution >= 0.6 is 0 Å². The number of ether oxygens (including phenoxy) is 3. The van der Waals surface area contributed by atoms with Gasteiger partial charge in [0.05, 0.1) is 14.2 Å². The summed E-state index contributed by atoms with van der Waals surface area (Å²) in [6.45, 7) is 1.26. The maximum atomic E-state index is 13.7. The third-order valence-electron chi connectivity index (χ3n) is 6.54. The molecule has 1 saturated heterocycles. The molecule has 8 nitrogen and oxygen atoms in total. The Balaban J connectivity index is 2.04. The van der Waals surface area contributed by atoms with Crippen LogP contribution in [-0.4, -0.2) is 49.0 Å². The molecule has 3 aromatic carbocycles. The van der Waals surface area contributed by atoms with Gasteiger partial charge >= 0.3 is 17.9 Å². The van der Waals surface area contributed by atoms with Crippen LogP contribution in [0.15, 0.2) is 91.0 Å². The first-order valence-electron chi connectivity index (χ1n) is 11.7. The molecule has 0 N–H and O–H groups in total. The zero-order valence-electron chi connectivity index (χ0n) is 20.7. The van der Waals surface area contributed by atoms with Gasteiger partial charge < -0.3 is 19.1 Å². The van der Waals surface area contributed by atoms with E-state index in [2.05, 4.69) is 0 Å². The van der Waals surface area contributed by atoms with Crippen molar-refractivity contribution in [1.82, 2.24) is 4.90 Å². The number of amides is 1. The molecule has 0 aliphatic carbocycles. The molecule has 4 rings (SSSR count). The van der Waals surface area contributed by atoms with Gasteiger partial charge in [-0.05, 0) is 5.56 Å². The van der Waals surface area contributed by atoms with Crippen molar-refractivity contribution in [1.29, 1.82) is 0 Å². The second kappa shape index (κ2) is 10.7. The Bertz CT molecular complexity index is 1240. The van der Waals surface area contributed by atoms with Crippen LogP contribution in [0.25, 0.3) is 0 Å². The van der Waals surface area contributed by atoms with Crippen LogP contribution < -0.4 is 0 Å². The molecule has 3 aromatic rings. The van der Waals surface area contributed by atoms with E-state index in [0.29, 0.717) is 16.7 Å². The normalized spacial score (nSPS) is 17.8. The Hall–Kier alpha value is -4.46. The van der Waals surface area contributed by atoms with E-state index in [9.17, 15) is 19.2 Å². The second-order valence-corrected chi connectivity index (χ2v) is 8.59. The lowest BCUT2D eigenvalue weighted by Crippen LogP contribution is -2.73. The van der Waals surface area contributed by atoms with E-state index in [1.165, 1.54) is 26.0 Å². The van der Waals surface area contributed by atoms with Gasteiger partial charge in [-0.25, -0.2) is 4.79 Å². The fourth-order valence-electron chi connectivity index (χ4n) is 5.03. The zero-order chi connectivity index (χ0) is 26.6. The molecule has 0 radical (unpaired) electrons.